The third-order valence-corrected chi connectivity index (χ3v) is 2.73. The average Bonchev–Trinajstić information content (AvgIpc) is 2.37. The van der Waals surface area contributed by atoms with Crippen LogP contribution in [0.15, 0.2) is 51.2 Å². The van der Waals surface area contributed by atoms with E-state index in [1.54, 1.807) is 18.2 Å². The summed E-state index contributed by atoms with van der Waals surface area (Å²) < 4.78 is 10.2. The molecule has 0 aliphatic rings. The van der Waals surface area contributed by atoms with Crippen molar-refractivity contribution in [1.82, 2.24) is 0 Å². The molecule has 0 aliphatic heterocycles. The van der Waals surface area contributed by atoms with Gasteiger partial charge in [-0.15, -0.1) is 0 Å². The van der Waals surface area contributed by atoms with Gasteiger partial charge in [0.15, 0.2) is 0 Å². The predicted molar refractivity (Wildman–Crippen MR) is 72.2 cm³/mol. The minimum absolute atomic E-state index is 0.354. The van der Waals surface area contributed by atoms with Gasteiger partial charge in [-0.1, -0.05) is 12.5 Å². The lowest BCUT2D eigenvalue weighted by molar-refractivity contribution is -0.129. The monoisotopic (exact) mass is 258 g/mol. The molecule has 0 bridgehead atoms. The predicted octanol–water partition coefficient (Wildman–Crippen LogP) is 3.05. The lowest BCUT2D eigenvalue weighted by Crippen LogP contribution is -2.05. The Hall–Kier alpha value is -2.36. The summed E-state index contributed by atoms with van der Waals surface area (Å²) in [5.41, 5.74) is 0.906. The molecule has 0 aliphatic carbocycles. The lowest BCUT2D eigenvalue weighted by atomic mass is 10.2. The first-order chi connectivity index (χ1) is 9.08. The van der Waals surface area contributed by atoms with Crippen LogP contribution in [-0.4, -0.2) is 5.97 Å². The Bertz CT molecular complexity index is 695. The summed E-state index contributed by atoms with van der Waals surface area (Å²) in [6.45, 7) is 3.82. The summed E-state index contributed by atoms with van der Waals surface area (Å²) >= 11 is 0. The van der Waals surface area contributed by atoms with E-state index in [4.69, 9.17) is 9.15 Å². The molecule has 19 heavy (non-hydrogen) atoms. The van der Waals surface area contributed by atoms with Crippen LogP contribution >= 0.6 is 0 Å². The van der Waals surface area contributed by atoms with E-state index >= 15 is 0 Å². The van der Waals surface area contributed by atoms with Gasteiger partial charge in [0.05, 0.1) is 0 Å². The number of ether oxygens (including phenoxy) is 1. The van der Waals surface area contributed by atoms with Crippen LogP contribution in [0.4, 0.5) is 0 Å². The number of hydrogen-bond acceptors (Lipinski definition) is 4. The molecule has 0 N–H and O–H groups in total. The maximum atomic E-state index is 11.6. The van der Waals surface area contributed by atoms with Gasteiger partial charge < -0.3 is 9.15 Å². The number of hydrogen-bond donors (Lipinski definition) is 0. The molecule has 0 spiro atoms. The number of allylic oxidation sites excluding steroid dienone is 1. The zero-order valence-corrected chi connectivity index (χ0v) is 10.8. The van der Waals surface area contributed by atoms with E-state index in [0.29, 0.717) is 11.3 Å². The van der Waals surface area contributed by atoms with Crippen LogP contribution in [0.25, 0.3) is 11.0 Å². The van der Waals surface area contributed by atoms with Gasteiger partial charge in [-0.2, -0.15) is 0 Å². The van der Waals surface area contributed by atoms with Gasteiger partial charge in [0.1, 0.15) is 11.3 Å². The van der Waals surface area contributed by atoms with Gasteiger partial charge in [-0.25, -0.2) is 9.59 Å². The molecule has 0 saturated heterocycles. The van der Waals surface area contributed by atoms with E-state index in [9.17, 15) is 9.59 Å². The second-order valence-corrected chi connectivity index (χ2v) is 4.22. The Balaban J connectivity index is 2.26. The Morgan fingerprint density at radius 1 is 1.32 bits per heavy atom. The molecule has 0 atom stereocenters. The van der Waals surface area contributed by atoms with E-state index in [1.165, 1.54) is 18.2 Å². The van der Waals surface area contributed by atoms with Crippen LogP contribution in [0, 0.1) is 0 Å². The fourth-order valence-electron chi connectivity index (χ4n) is 1.55. The normalized spacial score (nSPS) is 11.6. The van der Waals surface area contributed by atoms with Crippen molar-refractivity contribution in [3.05, 3.63) is 52.4 Å². The van der Waals surface area contributed by atoms with Gasteiger partial charge in [0, 0.05) is 23.6 Å². The number of benzene rings is 1. The molecule has 2 rings (SSSR count). The molecule has 0 unspecified atom stereocenters. The van der Waals surface area contributed by atoms with Gasteiger partial charge in [-0.3, -0.25) is 0 Å². The van der Waals surface area contributed by atoms with Crippen molar-refractivity contribution in [3.63, 3.8) is 0 Å². The second-order valence-electron chi connectivity index (χ2n) is 4.22. The second kappa shape index (κ2) is 5.52. The molecular weight excluding hydrogens is 244 g/mol. The quantitative estimate of drug-likeness (QED) is 0.367. The highest BCUT2D eigenvalue weighted by atomic mass is 16.5. The zero-order valence-electron chi connectivity index (χ0n) is 10.8. The highest BCUT2D eigenvalue weighted by Crippen LogP contribution is 2.19. The first kappa shape index (κ1) is 13.1. The third-order valence-electron chi connectivity index (χ3n) is 2.73. The molecule has 4 nitrogen and oxygen atoms in total. The number of fused-ring (bicyclic) bond motifs is 1. The molecule has 1 heterocycles. The van der Waals surface area contributed by atoms with Gasteiger partial charge in [0.2, 0.25) is 0 Å². The van der Waals surface area contributed by atoms with Crippen molar-refractivity contribution >= 4 is 16.9 Å². The standard InChI is InChI=1S/C15H14O4/c1-3-10(2)8-15(17)18-12-6-4-11-5-7-14(16)19-13(11)9-12/h4-9H,3H2,1-2H3. The smallest absolute Gasteiger partial charge is 0.336 e. The molecular formula is C15H14O4. The Labute approximate surface area is 110 Å². The van der Waals surface area contributed by atoms with Crippen molar-refractivity contribution in [1.29, 1.82) is 0 Å². The molecule has 0 saturated carbocycles. The topological polar surface area (TPSA) is 56.5 Å². The Kier molecular flexibility index (Phi) is 3.80. The van der Waals surface area contributed by atoms with Gasteiger partial charge in [-0.05, 0) is 31.5 Å². The van der Waals surface area contributed by atoms with Crippen molar-refractivity contribution in [2.24, 2.45) is 0 Å². The summed E-state index contributed by atoms with van der Waals surface area (Å²) in [5.74, 6) is -0.0796. The van der Waals surface area contributed by atoms with Crippen LogP contribution in [0.5, 0.6) is 5.75 Å². The molecule has 0 amide bonds. The lowest BCUT2D eigenvalue weighted by Gasteiger charge is -2.03. The van der Waals surface area contributed by atoms with Crippen molar-refractivity contribution in [3.8, 4) is 5.75 Å². The highest BCUT2D eigenvalue weighted by Gasteiger charge is 2.04. The maximum Gasteiger partial charge on any atom is 0.336 e. The van der Waals surface area contributed by atoms with E-state index < -0.39 is 11.6 Å². The minimum Gasteiger partial charge on any atom is -0.423 e. The fraction of sp³-hybridized carbons (Fsp3) is 0.200. The first-order valence-electron chi connectivity index (χ1n) is 6.01. The van der Waals surface area contributed by atoms with Gasteiger partial charge >= 0.3 is 11.6 Å². The van der Waals surface area contributed by atoms with E-state index in [0.717, 1.165) is 17.4 Å². The van der Waals surface area contributed by atoms with Crippen LogP contribution in [0.2, 0.25) is 0 Å². The van der Waals surface area contributed by atoms with E-state index in [1.807, 2.05) is 13.8 Å². The van der Waals surface area contributed by atoms with Gasteiger partial charge in [0.25, 0.3) is 0 Å². The van der Waals surface area contributed by atoms with E-state index in [-0.39, 0.29) is 0 Å². The summed E-state index contributed by atoms with van der Waals surface area (Å²) in [4.78, 5) is 22.7. The minimum atomic E-state index is -0.433. The molecule has 2 aromatic rings. The molecule has 0 fully saturated rings. The number of carbonyl (C=O) groups is 1. The summed E-state index contributed by atoms with van der Waals surface area (Å²) in [5, 5.41) is 0.777. The summed E-state index contributed by atoms with van der Waals surface area (Å²) in [7, 11) is 0. The van der Waals surface area contributed by atoms with Crippen molar-refractivity contribution < 1.29 is 13.9 Å². The molecule has 1 aromatic carbocycles. The molecule has 98 valence electrons. The number of carbonyl (C=O) groups excluding carboxylic acids is 1. The molecule has 4 heteroatoms. The summed E-state index contributed by atoms with van der Waals surface area (Å²) in [6.07, 6.45) is 2.24. The van der Waals surface area contributed by atoms with E-state index in [2.05, 4.69) is 0 Å². The molecule has 0 radical (unpaired) electrons. The third kappa shape index (κ3) is 3.31. The van der Waals surface area contributed by atoms with Crippen molar-refractivity contribution in [2.75, 3.05) is 0 Å². The zero-order chi connectivity index (χ0) is 13.8. The Morgan fingerprint density at radius 2 is 2.05 bits per heavy atom. The first-order valence-corrected chi connectivity index (χ1v) is 6.01. The maximum absolute atomic E-state index is 11.6. The number of rotatable bonds is 3. The summed E-state index contributed by atoms with van der Waals surface area (Å²) in [6, 6.07) is 7.94. The Morgan fingerprint density at radius 3 is 2.79 bits per heavy atom. The fourth-order valence-corrected chi connectivity index (χ4v) is 1.55. The van der Waals surface area contributed by atoms with Crippen LogP contribution in [0.1, 0.15) is 20.3 Å². The van der Waals surface area contributed by atoms with Crippen LogP contribution in [-0.2, 0) is 4.79 Å². The number of esters is 1. The highest BCUT2D eigenvalue weighted by molar-refractivity contribution is 5.86. The van der Waals surface area contributed by atoms with Crippen LogP contribution in [0.3, 0.4) is 0 Å². The van der Waals surface area contributed by atoms with Crippen LogP contribution < -0.4 is 10.4 Å². The SMILES string of the molecule is CCC(C)=CC(=O)Oc1ccc2ccc(=O)oc2c1. The molecule has 1 aromatic heterocycles. The average molecular weight is 258 g/mol. The van der Waals surface area contributed by atoms with Crippen molar-refractivity contribution in [2.45, 2.75) is 20.3 Å². The largest absolute Gasteiger partial charge is 0.423 e.